The zero-order valence-electron chi connectivity index (χ0n) is 11.5. The molecule has 0 spiro atoms. The Morgan fingerprint density at radius 2 is 2.05 bits per heavy atom. The number of hydrogen-bond acceptors (Lipinski definition) is 1. The summed E-state index contributed by atoms with van der Waals surface area (Å²) in [6, 6.07) is 4.38. The molecule has 0 N–H and O–H groups in total. The first-order valence-electron chi connectivity index (χ1n) is 7.08. The predicted octanol–water partition coefficient (Wildman–Crippen LogP) is 5.64. The van der Waals surface area contributed by atoms with Gasteiger partial charge < -0.3 is 4.74 Å². The highest BCUT2D eigenvalue weighted by molar-refractivity contribution is 9.10. The van der Waals surface area contributed by atoms with Gasteiger partial charge in [0.1, 0.15) is 5.75 Å². The molecule has 0 saturated heterocycles. The third-order valence-electron chi connectivity index (χ3n) is 4.98. The van der Waals surface area contributed by atoms with Gasteiger partial charge in [0.15, 0.2) is 0 Å². The van der Waals surface area contributed by atoms with E-state index in [-0.39, 0.29) is 0 Å². The number of aryl methyl sites for hydroxylation is 1. The minimum Gasteiger partial charge on any atom is -0.496 e. The van der Waals surface area contributed by atoms with E-state index in [9.17, 15) is 0 Å². The van der Waals surface area contributed by atoms with Crippen LogP contribution in [0.25, 0.3) is 0 Å². The van der Waals surface area contributed by atoms with Gasteiger partial charge in [-0.15, -0.1) is 0 Å². The van der Waals surface area contributed by atoms with Crippen molar-refractivity contribution in [3.63, 3.8) is 0 Å². The lowest BCUT2D eigenvalue weighted by Gasteiger charge is -2.28. The largest absolute Gasteiger partial charge is 0.496 e. The molecule has 4 unspecified atom stereocenters. The molecule has 104 valence electrons. The zero-order valence-corrected chi connectivity index (χ0v) is 14.6. The van der Waals surface area contributed by atoms with Crippen molar-refractivity contribution in [2.45, 2.75) is 37.4 Å². The van der Waals surface area contributed by atoms with E-state index >= 15 is 0 Å². The van der Waals surface area contributed by atoms with Crippen molar-refractivity contribution >= 4 is 31.9 Å². The van der Waals surface area contributed by atoms with E-state index in [1.54, 1.807) is 7.11 Å². The lowest BCUT2D eigenvalue weighted by atomic mass is 9.84. The van der Waals surface area contributed by atoms with Crippen LogP contribution in [-0.4, -0.2) is 7.11 Å². The summed E-state index contributed by atoms with van der Waals surface area (Å²) in [4.78, 5) is 0.426. The van der Waals surface area contributed by atoms with Gasteiger partial charge in [0.2, 0.25) is 0 Å². The summed E-state index contributed by atoms with van der Waals surface area (Å²) < 4.78 is 6.77. The minimum absolute atomic E-state index is 0.426. The van der Waals surface area contributed by atoms with Crippen LogP contribution in [0, 0.1) is 24.7 Å². The number of hydrogen-bond donors (Lipinski definition) is 0. The lowest BCUT2D eigenvalue weighted by Crippen LogP contribution is -2.16. The maximum absolute atomic E-state index is 5.59. The molecular weight excluding hydrogens is 368 g/mol. The third-order valence-corrected chi connectivity index (χ3v) is 7.00. The van der Waals surface area contributed by atoms with E-state index < -0.39 is 0 Å². The highest BCUT2D eigenvalue weighted by atomic mass is 79.9. The van der Waals surface area contributed by atoms with E-state index in [4.69, 9.17) is 4.74 Å². The monoisotopic (exact) mass is 386 g/mol. The molecule has 2 fully saturated rings. The van der Waals surface area contributed by atoms with Crippen molar-refractivity contribution in [1.82, 2.24) is 0 Å². The summed E-state index contributed by atoms with van der Waals surface area (Å²) in [5, 5.41) is 0. The van der Waals surface area contributed by atoms with Crippen molar-refractivity contribution in [3.05, 3.63) is 27.7 Å². The first-order valence-corrected chi connectivity index (χ1v) is 8.79. The van der Waals surface area contributed by atoms with Crippen molar-refractivity contribution in [2.75, 3.05) is 7.11 Å². The van der Waals surface area contributed by atoms with Crippen LogP contribution in [0.1, 0.15) is 41.6 Å². The van der Waals surface area contributed by atoms with Crippen molar-refractivity contribution in [1.29, 1.82) is 0 Å². The first kappa shape index (κ1) is 13.9. The summed E-state index contributed by atoms with van der Waals surface area (Å²) >= 11 is 7.62. The van der Waals surface area contributed by atoms with E-state index in [0.717, 1.165) is 23.5 Å². The number of rotatable bonds is 3. The third kappa shape index (κ3) is 2.49. The van der Waals surface area contributed by atoms with Crippen LogP contribution in [0.2, 0.25) is 0 Å². The second-order valence-electron chi connectivity index (χ2n) is 6.08. The molecule has 4 atom stereocenters. The molecule has 2 saturated carbocycles. The van der Waals surface area contributed by atoms with Gasteiger partial charge in [0.05, 0.1) is 7.11 Å². The summed E-state index contributed by atoms with van der Waals surface area (Å²) in [6.45, 7) is 2.11. The summed E-state index contributed by atoms with van der Waals surface area (Å²) in [5.74, 6) is 3.70. The number of fused-ring (bicyclic) bond motifs is 2. The van der Waals surface area contributed by atoms with Crippen LogP contribution in [0.4, 0.5) is 0 Å². The quantitative estimate of drug-likeness (QED) is 0.610. The average Bonchev–Trinajstić information content (AvgIpc) is 3.03. The van der Waals surface area contributed by atoms with Crippen LogP contribution in [0.5, 0.6) is 5.75 Å². The fraction of sp³-hybridized carbons (Fsp3) is 0.625. The number of halogens is 2. The summed E-state index contributed by atoms with van der Waals surface area (Å²) in [5.41, 5.74) is 2.53. The van der Waals surface area contributed by atoms with Crippen LogP contribution >= 0.6 is 31.9 Å². The molecule has 3 rings (SSSR count). The van der Waals surface area contributed by atoms with E-state index in [2.05, 4.69) is 50.9 Å². The Kier molecular flexibility index (Phi) is 3.96. The minimum atomic E-state index is 0.426. The molecule has 3 heteroatoms. The Balaban J connectivity index is 1.90. The normalized spacial score (nSPS) is 30.6. The second-order valence-corrected chi connectivity index (χ2v) is 7.92. The molecule has 2 aliphatic rings. The molecule has 0 heterocycles. The van der Waals surface area contributed by atoms with Gasteiger partial charge in [0, 0.05) is 14.9 Å². The molecular formula is C16H20Br2O. The Morgan fingerprint density at radius 3 is 2.63 bits per heavy atom. The van der Waals surface area contributed by atoms with Gasteiger partial charge in [-0.2, -0.15) is 0 Å². The van der Waals surface area contributed by atoms with E-state index in [1.165, 1.54) is 41.3 Å². The number of methoxy groups -OCH3 is 1. The van der Waals surface area contributed by atoms with Crippen LogP contribution in [0.3, 0.4) is 0 Å². The molecule has 2 aliphatic carbocycles. The van der Waals surface area contributed by atoms with Crippen LogP contribution in [-0.2, 0) is 0 Å². The lowest BCUT2D eigenvalue weighted by molar-refractivity contribution is 0.323. The Hall–Kier alpha value is -0.0200. The molecule has 1 nitrogen and oxygen atoms in total. The van der Waals surface area contributed by atoms with Gasteiger partial charge in [-0.1, -0.05) is 38.3 Å². The van der Waals surface area contributed by atoms with Crippen LogP contribution < -0.4 is 4.74 Å². The molecule has 0 aromatic heterocycles. The van der Waals surface area contributed by atoms with Gasteiger partial charge >= 0.3 is 0 Å². The van der Waals surface area contributed by atoms with Crippen LogP contribution in [0.15, 0.2) is 16.6 Å². The summed E-state index contributed by atoms with van der Waals surface area (Å²) in [7, 11) is 1.77. The van der Waals surface area contributed by atoms with E-state index in [0.29, 0.717) is 4.83 Å². The molecule has 19 heavy (non-hydrogen) atoms. The number of benzene rings is 1. The predicted molar refractivity (Wildman–Crippen MR) is 86.0 cm³/mol. The Labute approximate surface area is 132 Å². The van der Waals surface area contributed by atoms with Crippen molar-refractivity contribution in [3.8, 4) is 5.75 Å². The molecule has 0 aliphatic heterocycles. The maximum atomic E-state index is 5.59. The second kappa shape index (κ2) is 5.40. The molecule has 2 bridgehead atoms. The van der Waals surface area contributed by atoms with Crippen molar-refractivity contribution < 1.29 is 4.74 Å². The Morgan fingerprint density at radius 1 is 1.26 bits per heavy atom. The number of ether oxygens (including phenoxy) is 1. The van der Waals surface area contributed by atoms with Gasteiger partial charge in [-0.25, -0.2) is 0 Å². The van der Waals surface area contributed by atoms with E-state index in [1.807, 2.05) is 0 Å². The topological polar surface area (TPSA) is 9.23 Å². The van der Waals surface area contributed by atoms with Crippen molar-refractivity contribution in [2.24, 2.45) is 17.8 Å². The van der Waals surface area contributed by atoms with Gasteiger partial charge in [-0.3, -0.25) is 0 Å². The fourth-order valence-corrected chi connectivity index (χ4v) is 5.31. The smallest absolute Gasteiger partial charge is 0.123 e. The highest BCUT2D eigenvalue weighted by Crippen LogP contribution is 2.56. The zero-order chi connectivity index (χ0) is 13.6. The Bertz CT molecular complexity index is 486. The van der Waals surface area contributed by atoms with Gasteiger partial charge in [0.25, 0.3) is 0 Å². The first-order chi connectivity index (χ1) is 9.10. The molecule has 1 aromatic carbocycles. The maximum Gasteiger partial charge on any atom is 0.123 e. The summed E-state index contributed by atoms with van der Waals surface area (Å²) in [6.07, 6.45) is 5.71. The number of alkyl halides is 1. The van der Waals surface area contributed by atoms with Gasteiger partial charge in [-0.05, 0) is 61.6 Å². The molecule has 1 aromatic rings. The molecule has 0 radical (unpaired) electrons. The average molecular weight is 388 g/mol. The highest BCUT2D eigenvalue weighted by Gasteiger charge is 2.43. The standard InChI is InChI=1S/C16H20Br2O/c1-9-5-15(19-2)13(8-14(9)17)16(18)12-7-10-3-4-11(12)6-10/h5,8,10-12,16H,3-4,6-7H2,1-2H3. The fourth-order valence-electron chi connectivity index (χ4n) is 3.95. The molecule has 0 amide bonds. The SMILES string of the molecule is COc1cc(C)c(Br)cc1C(Br)C1CC2CCC1C2.